The third-order valence-electron chi connectivity index (χ3n) is 5.15. The maximum atomic E-state index is 14.2. The topological polar surface area (TPSA) is 125 Å². The summed E-state index contributed by atoms with van der Waals surface area (Å²) in [5.74, 6) is -0.973. The normalized spacial score (nSPS) is 14.3. The van der Waals surface area contributed by atoms with E-state index in [1.54, 1.807) is 35.0 Å². The first kappa shape index (κ1) is 19.8. The standard InChI is InChI=1S/C21H17F2N7O2/c22-13-4-2-1-3-12(13)11-30-17(14-5-8-32-29-14)9-15(28-30)19-25-10-16(18(24)27-19)26-20(31)21(23)6-7-21/h1-5,8-10H,6-7,11H2,(H,26,31)(H2,24,25,27). The van der Waals surface area contributed by atoms with E-state index in [2.05, 4.69) is 25.5 Å². The van der Waals surface area contributed by atoms with Gasteiger partial charge in [-0.3, -0.25) is 9.48 Å². The van der Waals surface area contributed by atoms with E-state index in [0.29, 0.717) is 22.6 Å². The van der Waals surface area contributed by atoms with Crippen molar-refractivity contribution >= 4 is 17.4 Å². The van der Waals surface area contributed by atoms with Gasteiger partial charge >= 0.3 is 0 Å². The number of alkyl halides is 1. The lowest BCUT2D eigenvalue weighted by Crippen LogP contribution is -2.26. The zero-order valence-corrected chi connectivity index (χ0v) is 16.6. The van der Waals surface area contributed by atoms with Crippen molar-refractivity contribution in [2.24, 2.45) is 0 Å². The monoisotopic (exact) mass is 437 g/mol. The Hall–Kier alpha value is -4.15. The van der Waals surface area contributed by atoms with Crippen molar-refractivity contribution in [1.82, 2.24) is 24.9 Å². The highest BCUT2D eigenvalue weighted by molar-refractivity contribution is 6.00. The number of carbonyl (C=O) groups is 1. The molecule has 162 valence electrons. The third-order valence-corrected chi connectivity index (χ3v) is 5.15. The lowest BCUT2D eigenvalue weighted by atomic mass is 10.2. The van der Waals surface area contributed by atoms with Gasteiger partial charge in [0.15, 0.2) is 17.3 Å². The van der Waals surface area contributed by atoms with E-state index in [4.69, 9.17) is 10.3 Å². The minimum atomic E-state index is -1.84. The van der Waals surface area contributed by atoms with Gasteiger partial charge in [-0.25, -0.2) is 18.7 Å². The first-order valence-electron chi connectivity index (χ1n) is 9.78. The fourth-order valence-electron chi connectivity index (χ4n) is 3.17. The number of aromatic nitrogens is 5. The number of nitrogens with two attached hydrogens (primary N) is 1. The Morgan fingerprint density at radius 2 is 2.06 bits per heavy atom. The molecule has 0 atom stereocenters. The molecule has 5 rings (SSSR count). The average Bonchev–Trinajstić information content (AvgIpc) is 3.17. The van der Waals surface area contributed by atoms with E-state index < -0.39 is 11.6 Å². The summed E-state index contributed by atoms with van der Waals surface area (Å²) in [6.07, 6.45) is 3.08. The second-order valence-corrected chi connectivity index (χ2v) is 7.46. The van der Waals surface area contributed by atoms with Crippen LogP contribution >= 0.6 is 0 Å². The van der Waals surface area contributed by atoms with E-state index in [1.165, 1.54) is 18.5 Å². The van der Waals surface area contributed by atoms with Crippen LogP contribution in [-0.2, 0) is 11.3 Å². The quantitative estimate of drug-likeness (QED) is 0.474. The van der Waals surface area contributed by atoms with Gasteiger partial charge in [-0.15, -0.1) is 0 Å². The molecule has 1 aliphatic rings. The summed E-state index contributed by atoms with van der Waals surface area (Å²) in [5, 5.41) is 10.8. The molecule has 0 spiro atoms. The fourth-order valence-corrected chi connectivity index (χ4v) is 3.17. The van der Waals surface area contributed by atoms with E-state index in [0.717, 1.165) is 0 Å². The summed E-state index contributed by atoms with van der Waals surface area (Å²) in [7, 11) is 0. The average molecular weight is 437 g/mol. The number of hydrogen-bond acceptors (Lipinski definition) is 7. The molecule has 1 amide bonds. The van der Waals surface area contributed by atoms with Crippen molar-refractivity contribution in [1.29, 1.82) is 0 Å². The van der Waals surface area contributed by atoms with Crippen LogP contribution in [0.15, 0.2) is 53.4 Å². The zero-order valence-electron chi connectivity index (χ0n) is 16.6. The van der Waals surface area contributed by atoms with Crippen LogP contribution in [0.1, 0.15) is 18.4 Å². The van der Waals surface area contributed by atoms with Crippen LogP contribution < -0.4 is 11.1 Å². The van der Waals surface area contributed by atoms with Crippen LogP contribution in [0.25, 0.3) is 22.9 Å². The molecular formula is C21H17F2N7O2. The molecule has 11 heteroatoms. The number of nitrogens with zero attached hydrogens (tertiary/aromatic N) is 5. The number of halogens is 2. The van der Waals surface area contributed by atoms with Gasteiger partial charge < -0.3 is 15.6 Å². The summed E-state index contributed by atoms with van der Waals surface area (Å²) >= 11 is 0. The Morgan fingerprint density at radius 3 is 2.75 bits per heavy atom. The van der Waals surface area contributed by atoms with E-state index in [1.807, 2.05) is 0 Å². The van der Waals surface area contributed by atoms with Crippen LogP contribution in [0.2, 0.25) is 0 Å². The van der Waals surface area contributed by atoms with Crippen molar-refractivity contribution in [3.05, 3.63) is 60.2 Å². The molecule has 3 heterocycles. The molecule has 32 heavy (non-hydrogen) atoms. The summed E-state index contributed by atoms with van der Waals surface area (Å²) < 4.78 is 34.6. The predicted octanol–water partition coefficient (Wildman–Crippen LogP) is 3.21. The highest BCUT2D eigenvalue weighted by Crippen LogP contribution is 2.41. The van der Waals surface area contributed by atoms with Crippen molar-refractivity contribution in [3.63, 3.8) is 0 Å². The van der Waals surface area contributed by atoms with E-state index in [9.17, 15) is 13.6 Å². The Kier molecular flexibility index (Phi) is 4.65. The molecule has 1 aromatic carbocycles. The number of anilines is 2. The lowest BCUT2D eigenvalue weighted by molar-refractivity contribution is -0.122. The molecule has 4 aromatic rings. The van der Waals surface area contributed by atoms with Crippen molar-refractivity contribution in [2.45, 2.75) is 25.1 Å². The molecule has 1 fully saturated rings. The highest BCUT2D eigenvalue weighted by atomic mass is 19.1. The van der Waals surface area contributed by atoms with E-state index >= 15 is 0 Å². The third kappa shape index (κ3) is 3.68. The van der Waals surface area contributed by atoms with Gasteiger partial charge in [0.1, 0.15) is 29.2 Å². The number of benzene rings is 1. The maximum Gasteiger partial charge on any atom is 0.262 e. The molecule has 3 N–H and O–H groups in total. The van der Waals surface area contributed by atoms with Crippen LogP contribution in [0, 0.1) is 5.82 Å². The molecule has 0 bridgehead atoms. The molecule has 1 saturated carbocycles. The minimum Gasteiger partial charge on any atom is -0.382 e. The summed E-state index contributed by atoms with van der Waals surface area (Å²) in [4.78, 5) is 20.3. The van der Waals surface area contributed by atoms with Gasteiger partial charge in [-0.05, 0) is 25.0 Å². The van der Waals surface area contributed by atoms with Crippen LogP contribution in [0.4, 0.5) is 20.3 Å². The smallest absolute Gasteiger partial charge is 0.262 e. The molecule has 0 unspecified atom stereocenters. The first-order chi connectivity index (χ1) is 15.4. The molecule has 0 radical (unpaired) electrons. The highest BCUT2D eigenvalue weighted by Gasteiger charge is 2.51. The molecule has 3 aromatic heterocycles. The number of carbonyl (C=O) groups excluding carboxylic acids is 1. The Morgan fingerprint density at radius 1 is 1.25 bits per heavy atom. The SMILES string of the molecule is Nc1nc(-c2cc(-c3ccon3)n(Cc3ccccc3F)n2)ncc1NC(=O)C1(F)CC1. The molecule has 9 nitrogen and oxygen atoms in total. The number of amides is 1. The number of nitrogen functional groups attached to an aromatic ring is 1. The maximum absolute atomic E-state index is 14.2. The van der Waals surface area contributed by atoms with Gasteiger partial charge in [0.05, 0.1) is 18.4 Å². The molecule has 0 aliphatic heterocycles. The van der Waals surface area contributed by atoms with Crippen LogP contribution in [-0.4, -0.2) is 36.5 Å². The largest absolute Gasteiger partial charge is 0.382 e. The number of hydrogen-bond donors (Lipinski definition) is 2. The molecule has 0 saturated heterocycles. The van der Waals surface area contributed by atoms with Crippen molar-refractivity contribution < 1.29 is 18.1 Å². The van der Waals surface area contributed by atoms with Crippen molar-refractivity contribution in [3.8, 4) is 22.9 Å². The summed E-state index contributed by atoms with van der Waals surface area (Å²) in [6.45, 7) is 0.136. The Labute approximate surface area is 180 Å². The molecule has 1 aliphatic carbocycles. The fraction of sp³-hybridized carbons (Fsp3) is 0.190. The lowest BCUT2D eigenvalue weighted by Gasteiger charge is -2.09. The first-order valence-corrected chi connectivity index (χ1v) is 9.78. The second-order valence-electron chi connectivity index (χ2n) is 7.46. The van der Waals surface area contributed by atoms with Gasteiger partial charge in [0, 0.05) is 11.6 Å². The second kappa shape index (κ2) is 7.52. The van der Waals surface area contributed by atoms with Gasteiger partial charge in [-0.1, -0.05) is 23.4 Å². The number of rotatable bonds is 6. The summed E-state index contributed by atoms with van der Waals surface area (Å²) in [5.41, 5.74) is 6.07. The summed E-state index contributed by atoms with van der Waals surface area (Å²) in [6, 6.07) is 9.70. The van der Waals surface area contributed by atoms with Crippen LogP contribution in [0.5, 0.6) is 0 Å². The number of nitrogens with one attached hydrogen (secondary N) is 1. The van der Waals surface area contributed by atoms with Gasteiger partial charge in [-0.2, -0.15) is 5.10 Å². The Balaban J connectivity index is 1.48. The predicted molar refractivity (Wildman–Crippen MR) is 110 cm³/mol. The van der Waals surface area contributed by atoms with Crippen molar-refractivity contribution in [2.75, 3.05) is 11.1 Å². The van der Waals surface area contributed by atoms with Crippen LogP contribution in [0.3, 0.4) is 0 Å². The Bertz CT molecular complexity index is 1300. The van der Waals surface area contributed by atoms with Gasteiger partial charge in [0.2, 0.25) is 0 Å². The molecular weight excluding hydrogens is 420 g/mol. The minimum absolute atomic E-state index is 0.0285. The van der Waals surface area contributed by atoms with E-state index in [-0.39, 0.29) is 42.5 Å². The zero-order chi connectivity index (χ0) is 22.3. The van der Waals surface area contributed by atoms with Gasteiger partial charge in [0.25, 0.3) is 5.91 Å².